The van der Waals surface area contributed by atoms with E-state index in [-0.39, 0.29) is 23.8 Å². The zero-order chi connectivity index (χ0) is 22.2. The molecule has 0 aromatic heterocycles. The molecule has 0 aliphatic rings. The van der Waals surface area contributed by atoms with E-state index < -0.39 is 5.91 Å². The molecule has 3 aromatic rings. The Labute approximate surface area is 180 Å². The highest BCUT2D eigenvalue weighted by Gasteiger charge is 2.09. The minimum absolute atomic E-state index is 0.121. The van der Waals surface area contributed by atoms with E-state index in [1.807, 2.05) is 32.0 Å². The van der Waals surface area contributed by atoms with Crippen molar-refractivity contribution in [1.82, 2.24) is 5.43 Å². The first-order chi connectivity index (χ1) is 14.9. The number of phenolic OH excluding ortho intramolecular Hbond substituents is 1. The smallest absolute Gasteiger partial charge is 0.275 e. The number of hydrazone groups is 1. The fourth-order valence-electron chi connectivity index (χ4n) is 2.74. The first kappa shape index (κ1) is 21.6. The molecule has 0 fully saturated rings. The predicted molar refractivity (Wildman–Crippen MR) is 120 cm³/mol. The zero-order valence-corrected chi connectivity index (χ0v) is 17.3. The summed E-state index contributed by atoms with van der Waals surface area (Å²) in [5.74, 6) is -0.419. The number of nitrogens with one attached hydrogen (secondary N) is 2. The third-order valence-electron chi connectivity index (χ3n) is 4.55. The SMILES string of the molecule is Cc1ccc(NC(=O)COc2cccc(/C=N/NC(=O)c3ccccc3O)c2)cc1C. The molecule has 0 bridgehead atoms. The van der Waals surface area contributed by atoms with E-state index in [1.165, 1.54) is 18.3 Å². The fraction of sp³-hybridized carbons (Fsp3) is 0.125. The molecule has 158 valence electrons. The number of ether oxygens (including phenoxy) is 1. The number of phenols is 1. The van der Waals surface area contributed by atoms with Gasteiger partial charge in [0.05, 0.1) is 11.8 Å². The van der Waals surface area contributed by atoms with Crippen LogP contribution in [0.15, 0.2) is 71.8 Å². The van der Waals surface area contributed by atoms with Gasteiger partial charge in [-0.05, 0) is 66.9 Å². The average Bonchev–Trinajstić information content (AvgIpc) is 2.75. The number of aryl methyl sites for hydroxylation is 2. The van der Waals surface area contributed by atoms with Crippen molar-refractivity contribution in [2.75, 3.05) is 11.9 Å². The van der Waals surface area contributed by atoms with Crippen LogP contribution in [0.4, 0.5) is 5.69 Å². The maximum absolute atomic E-state index is 12.1. The quantitative estimate of drug-likeness (QED) is 0.402. The number of carbonyl (C=O) groups is 2. The first-order valence-corrected chi connectivity index (χ1v) is 9.64. The Hall–Kier alpha value is -4.13. The molecule has 0 aliphatic carbocycles. The van der Waals surface area contributed by atoms with Gasteiger partial charge in [0, 0.05) is 5.69 Å². The minimum Gasteiger partial charge on any atom is -0.507 e. The number of aromatic hydroxyl groups is 1. The van der Waals surface area contributed by atoms with Gasteiger partial charge in [0.1, 0.15) is 11.5 Å². The van der Waals surface area contributed by atoms with E-state index in [1.54, 1.807) is 36.4 Å². The molecule has 0 atom stereocenters. The van der Waals surface area contributed by atoms with Gasteiger partial charge < -0.3 is 15.2 Å². The summed E-state index contributed by atoms with van der Waals surface area (Å²) in [5.41, 5.74) is 6.14. The van der Waals surface area contributed by atoms with E-state index >= 15 is 0 Å². The number of carbonyl (C=O) groups excluding carboxylic acids is 2. The van der Waals surface area contributed by atoms with E-state index in [2.05, 4.69) is 15.8 Å². The van der Waals surface area contributed by atoms with Gasteiger partial charge in [0.2, 0.25) is 0 Å². The Morgan fingerprint density at radius 2 is 1.81 bits per heavy atom. The summed E-state index contributed by atoms with van der Waals surface area (Å²) in [7, 11) is 0. The van der Waals surface area contributed by atoms with Crippen molar-refractivity contribution in [3.63, 3.8) is 0 Å². The number of anilines is 1. The molecule has 3 aromatic carbocycles. The maximum Gasteiger partial charge on any atom is 0.275 e. The number of hydrogen-bond acceptors (Lipinski definition) is 5. The standard InChI is InChI=1S/C24H23N3O4/c1-16-10-11-19(12-17(16)2)26-23(29)15-31-20-7-5-6-18(13-20)14-25-27-24(30)21-8-3-4-9-22(21)28/h3-14,28H,15H2,1-2H3,(H,26,29)(H,27,30)/b25-14+. The summed E-state index contributed by atoms with van der Waals surface area (Å²) in [4.78, 5) is 24.2. The molecule has 0 unspecified atom stereocenters. The van der Waals surface area contributed by atoms with Gasteiger partial charge in [-0.15, -0.1) is 0 Å². The van der Waals surface area contributed by atoms with Gasteiger partial charge in [0.25, 0.3) is 11.8 Å². The molecule has 0 aliphatic heterocycles. The average molecular weight is 417 g/mol. The number of amides is 2. The maximum atomic E-state index is 12.1. The van der Waals surface area contributed by atoms with E-state index in [9.17, 15) is 14.7 Å². The predicted octanol–water partition coefficient (Wildman–Crippen LogP) is 3.79. The van der Waals surface area contributed by atoms with Crippen molar-refractivity contribution >= 4 is 23.7 Å². The Kier molecular flexibility index (Phi) is 7.01. The normalized spacial score (nSPS) is 10.6. The van der Waals surface area contributed by atoms with Crippen molar-refractivity contribution in [3.05, 3.63) is 89.0 Å². The zero-order valence-electron chi connectivity index (χ0n) is 17.3. The summed E-state index contributed by atoms with van der Waals surface area (Å²) in [6.45, 7) is 3.86. The van der Waals surface area contributed by atoms with Crippen LogP contribution in [0.1, 0.15) is 27.0 Å². The van der Waals surface area contributed by atoms with Crippen LogP contribution in [0.2, 0.25) is 0 Å². The molecule has 0 saturated carbocycles. The highest BCUT2D eigenvalue weighted by Crippen LogP contribution is 2.16. The third-order valence-corrected chi connectivity index (χ3v) is 4.55. The van der Waals surface area contributed by atoms with E-state index in [0.29, 0.717) is 11.3 Å². The Bertz CT molecular complexity index is 1130. The summed E-state index contributed by atoms with van der Waals surface area (Å²) < 4.78 is 5.55. The van der Waals surface area contributed by atoms with Gasteiger partial charge in [-0.3, -0.25) is 9.59 Å². The topological polar surface area (TPSA) is 100 Å². The minimum atomic E-state index is -0.523. The third kappa shape index (κ3) is 6.17. The lowest BCUT2D eigenvalue weighted by Crippen LogP contribution is -2.20. The summed E-state index contributed by atoms with van der Waals surface area (Å²) in [5, 5.41) is 16.4. The van der Waals surface area contributed by atoms with Crippen LogP contribution < -0.4 is 15.5 Å². The number of para-hydroxylation sites is 1. The molecule has 3 N–H and O–H groups in total. The molecule has 7 nitrogen and oxygen atoms in total. The molecule has 0 radical (unpaired) electrons. The lowest BCUT2D eigenvalue weighted by atomic mass is 10.1. The van der Waals surface area contributed by atoms with Gasteiger partial charge in [-0.2, -0.15) is 5.10 Å². The fourth-order valence-corrected chi connectivity index (χ4v) is 2.74. The second-order valence-corrected chi connectivity index (χ2v) is 6.92. The molecule has 7 heteroatoms. The molecule has 0 spiro atoms. The van der Waals surface area contributed by atoms with Gasteiger partial charge in [-0.25, -0.2) is 5.43 Å². The largest absolute Gasteiger partial charge is 0.507 e. The number of rotatable bonds is 7. The van der Waals surface area contributed by atoms with Crippen LogP contribution in [-0.4, -0.2) is 29.7 Å². The summed E-state index contributed by atoms with van der Waals surface area (Å²) in [6.07, 6.45) is 1.44. The van der Waals surface area contributed by atoms with Crippen molar-refractivity contribution in [3.8, 4) is 11.5 Å². The highest BCUT2D eigenvalue weighted by atomic mass is 16.5. The number of hydrogen-bond donors (Lipinski definition) is 3. The molecule has 31 heavy (non-hydrogen) atoms. The molecule has 3 rings (SSSR count). The van der Waals surface area contributed by atoms with E-state index in [4.69, 9.17) is 4.74 Å². The summed E-state index contributed by atoms with van der Waals surface area (Å²) >= 11 is 0. The summed E-state index contributed by atoms with van der Waals surface area (Å²) in [6, 6.07) is 18.9. The van der Waals surface area contributed by atoms with Crippen LogP contribution in [0, 0.1) is 13.8 Å². The van der Waals surface area contributed by atoms with Crippen LogP contribution in [0.3, 0.4) is 0 Å². The van der Waals surface area contributed by atoms with Crippen molar-refractivity contribution in [2.24, 2.45) is 5.10 Å². The van der Waals surface area contributed by atoms with Crippen molar-refractivity contribution in [1.29, 1.82) is 0 Å². The monoisotopic (exact) mass is 417 g/mol. The number of nitrogens with zero attached hydrogens (tertiary/aromatic N) is 1. The highest BCUT2D eigenvalue weighted by molar-refractivity contribution is 5.97. The molecular weight excluding hydrogens is 394 g/mol. The molecule has 0 heterocycles. The van der Waals surface area contributed by atoms with Gasteiger partial charge in [-0.1, -0.05) is 30.3 Å². The molecule has 0 saturated heterocycles. The Morgan fingerprint density at radius 3 is 2.58 bits per heavy atom. The first-order valence-electron chi connectivity index (χ1n) is 9.64. The Balaban J connectivity index is 1.53. The van der Waals surface area contributed by atoms with Crippen molar-refractivity contribution < 1.29 is 19.4 Å². The van der Waals surface area contributed by atoms with Gasteiger partial charge >= 0.3 is 0 Å². The van der Waals surface area contributed by atoms with Crippen LogP contribution >= 0.6 is 0 Å². The van der Waals surface area contributed by atoms with Gasteiger partial charge in [0.15, 0.2) is 6.61 Å². The Morgan fingerprint density at radius 1 is 1.00 bits per heavy atom. The molecular formula is C24H23N3O4. The second kappa shape index (κ2) is 10.1. The lowest BCUT2D eigenvalue weighted by Gasteiger charge is -2.09. The van der Waals surface area contributed by atoms with Crippen molar-refractivity contribution in [2.45, 2.75) is 13.8 Å². The van der Waals surface area contributed by atoms with Crippen LogP contribution in [-0.2, 0) is 4.79 Å². The second-order valence-electron chi connectivity index (χ2n) is 6.92. The van der Waals surface area contributed by atoms with E-state index in [0.717, 1.165) is 16.8 Å². The number of benzene rings is 3. The lowest BCUT2D eigenvalue weighted by molar-refractivity contribution is -0.118. The molecule has 2 amide bonds. The van der Waals surface area contributed by atoms with Crippen LogP contribution in [0.5, 0.6) is 11.5 Å². The van der Waals surface area contributed by atoms with Crippen LogP contribution in [0.25, 0.3) is 0 Å².